The predicted octanol–water partition coefficient (Wildman–Crippen LogP) is 2.88. The van der Waals surface area contributed by atoms with Crippen molar-refractivity contribution < 1.29 is 0 Å². The van der Waals surface area contributed by atoms with Crippen molar-refractivity contribution >= 4 is 29.9 Å². The fraction of sp³-hybridized carbons (Fsp3) is 0.647. The van der Waals surface area contributed by atoms with E-state index in [4.69, 9.17) is 0 Å². The number of pyridine rings is 1. The van der Waals surface area contributed by atoms with Crippen LogP contribution in [-0.2, 0) is 6.54 Å². The van der Waals surface area contributed by atoms with Crippen LogP contribution in [0.4, 0.5) is 0 Å². The van der Waals surface area contributed by atoms with Gasteiger partial charge in [-0.2, -0.15) is 0 Å². The highest BCUT2D eigenvalue weighted by Crippen LogP contribution is 2.02. The molecule has 5 nitrogen and oxygen atoms in total. The summed E-state index contributed by atoms with van der Waals surface area (Å²) in [6, 6.07) is 5.93. The van der Waals surface area contributed by atoms with Crippen LogP contribution in [0.5, 0.6) is 0 Å². The van der Waals surface area contributed by atoms with Gasteiger partial charge in [0.15, 0.2) is 5.96 Å². The molecule has 0 aliphatic carbocycles. The Hall–Kier alpha value is -0.890. The number of hydrogen-bond donors (Lipinski definition) is 2. The molecule has 0 aliphatic rings. The topological polar surface area (TPSA) is 52.6 Å². The largest absolute Gasteiger partial charge is 0.356 e. The molecule has 6 heteroatoms. The maximum Gasteiger partial charge on any atom is 0.191 e. The minimum atomic E-state index is 0. The zero-order valence-electron chi connectivity index (χ0n) is 14.7. The summed E-state index contributed by atoms with van der Waals surface area (Å²) in [4.78, 5) is 10.8. The van der Waals surface area contributed by atoms with E-state index in [1.165, 1.54) is 38.6 Å². The van der Waals surface area contributed by atoms with Gasteiger partial charge in [0.25, 0.3) is 0 Å². The summed E-state index contributed by atoms with van der Waals surface area (Å²) < 4.78 is 0. The number of aromatic nitrogens is 1. The van der Waals surface area contributed by atoms with Gasteiger partial charge in [-0.3, -0.25) is 9.98 Å². The normalized spacial score (nSPS) is 11.2. The molecular weight excluding hydrogens is 401 g/mol. The fourth-order valence-electron chi connectivity index (χ4n) is 2.19. The van der Waals surface area contributed by atoms with Crippen LogP contribution in [0, 0.1) is 0 Å². The summed E-state index contributed by atoms with van der Waals surface area (Å²) in [6.45, 7) is 2.86. The van der Waals surface area contributed by atoms with Crippen LogP contribution in [0.25, 0.3) is 0 Å². The third-order valence-electron chi connectivity index (χ3n) is 3.46. The monoisotopic (exact) mass is 433 g/mol. The lowest BCUT2D eigenvalue weighted by Crippen LogP contribution is -2.37. The van der Waals surface area contributed by atoms with Gasteiger partial charge in [-0.1, -0.05) is 25.3 Å². The molecule has 132 valence electrons. The molecule has 23 heavy (non-hydrogen) atoms. The first-order chi connectivity index (χ1) is 10.7. The Morgan fingerprint density at radius 3 is 2.48 bits per heavy atom. The number of rotatable bonds is 10. The molecule has 0 saturated carbocycles. The lowest BCUT2D eigenvalue weighted by molar-refractivity contribution is 0.389. The van der Waals surface area contributed by atoms with Gasteiger partial charge in [0, 0.05) is 19.8 Å². The minimum absolute atomic E-state index is 0. The molecule has 1 heterocycles. The van der Waals surface area contributed by atoms with Gasteiger partial charge in [0.05, 0.1) is 12.2 Å². The van der Waals surface area contributed by atoms with Gasteiger partial charge in [-0.15, -0.1) is 24.0 Å². The van der Waals surface area contributed by atoms with Gasteiger partial charge >= 0.3 is 0 Å². The molecule has 0 spiro atoms. The Kier molecular flexibility index (Phi) is 14.1. The van der Waals surface area contributed by atoms with Crippen LogP contribution in [0.2, 0.25) is 0 Å². The molecule has 0 bridgehead atoms. The molecular formula is C17H32IN5. The summed E-state index contributed by atoms with van der Waals surface area (Å²) >= 11 is 0. The van der Waals surface area contributed by atoms with Crippen molar-refractivity contribution in [2.75, 3.05) is 34.2 Å². The molecule has 1 aromatic heterocycles. The smallest absolute Gasteiger partial charge is 0.191 e. The predicted molar refractivity (Wildman–Crippen MR) is 109 cm³/mol. The van der Waals surface area contributed by atoms with E-state index in [0.717, 1.165) is 18.2 Å². The van der Waals surface area contributed by atoms with Crippen molar-refractivity contribution in [2.24, 2.45) is 4.99 Å². The molecule has 0 fully saturated rings. The maximum atomic E-state index is 4.29. The zero-order chi connectivity index (χ0) is 16.0. The van der Waals surface area contributed by atoms with Crippen molar-refractivity contribution in [3.8, 4) is 0 Å². The highest BCUT2D eigenvalue weighted by Gasteiger charge is 1.98. The third kappa shape index (κ3) is 12.2. The second-order valence-corrected chi connectivity index (χ2v) is 5.74. The number of aliphatic imine (C=N–C) groups is 1. The first kappa shape index (κ1) is 22.1. The second kappa shape index (κ2) is 14.7. The van der Waals surface area contributed by atoms with E-state index in [1.54, 1.807) is 7.05 Å². The molecule has 0 unspecified atom stereocenters. The average molecular weight is 433 g/mol. The van der Waals surface area contributed by atoms with Crippen molar-refractivity contribution in [2.45, 2.75) is 38.6 Å². The maximum absolute atomic E-state index is 4.29. The molecule has 0 amide bonds. The molecule has 1 rings (SSSR count). The third-order valence-corrected chi connectivity index (χ3v) is 3.46. The highest BCUT2D eigenvalue weighted by atomic mass is 127. The van der Waals surface area contributed by atoms with E-state index in [2.05, 4.69) is 39.6 Å². The van der Waals surface area contributed by atoms with E-state index >= 15 is 0 Å². The van der Waals surface area contributed by atoms with Gasteiger partial charge in [0.2, 0.25) is 0 Å². The lowest BCUT2D eigenvalue weighted by Gasteiger charge is -2.11. The number of unbranched alkanes of at least 4 members (excludes halogenated alkanes) is 4. The SMILES string of the molecule is CN=C(NCCCCCCCN(C)C)NCc1ccccn1.I. The number of hydrogen-bond acceptors (Lipinski definition) is 3. The van der Waals surface area contributed by atoms with Crippen molar-refractivity contribution in [3.63, 3.8) is 0 Å². The second-order valence-electron chi connectivity index (χ2n) is 5.74. The Bertz CT molecular complexity index is 409. The first-order valence-electron chi connectivity index (χ1n) is 8.21. The van der Waals surface area contributed by atoms with Crippen molar-refractivity contribution in [1.82, 2.24) is 20.5 Å². The standard InChI is InChI=1S/C17H31N5.HI/c1-18-17(21-15-16-11-7-9-12-19-16)20-13-8-5-4-6-10-14-22(2)3;/h7,9,11-12H,4-6,8,10,13-15H2,1-3H3,(H2,18,20,21);1H. The summed E-state index contributed by atoms with van der Waals surface area (Å²) in [5, 5.41) is 6.63. The molecule has 2 N–H and O–H groups in total. The molecule has 0 aliphatic heterocycles. The number of halogens is 1. The lowest BCUT2D eigenvalue weighted by atomic mass is 10.1. The molecule has 0 atom stereocenters. The average Bonchev–Trinajstić information content (AvgIpc) is 2.53. The molecule has 0 aromatic carbocycles. The zero-order valence-corrected chi connectivity index (χ0v) is 17.0. The van der Waals surface area contributed by atoms with E-state index in [1.807, 2.05) is 24.4 Å². The van der Waals surface area contributed by atoms with Gasteiger partial charge in [0.1, 0.15) is 0 Å². The van der Waals surface area contributed by atoms with Crippen LogP contribution < -0.4 is 10.6 Å². The van der Waals surface area contributed by atoms with E-state index in [0.29, 0.717) is 6.54 Å². The Labute approximate surface area is 158 Å². The van der Waals surface area contributed by atoms with E-state index in [-0.39, 0.29) is 24.0 Å². The molecule has 1 aromatic rings. The highest BCUT2D eigenvalue weighted by molar-refractivity contribution is 14.0. The number of nitrogens with zero attached hydrogens (tertiary/aromatic N) is 3. The quantitative estimate of drug-likeness (QED) is 0.258. The van der Waals surface area contributed by atoms with Crippen LogP contribution in [-0.4, -0.2) is 50.1 Å². The minimum Gasteiger partial charge on any atom is -0.356 e. The van der Waals surface area contributed by atoms with Crippen molar-refractivity contribution in [1.29, 1.82) is 0 Å². The Balaban J connectivity index is 0.00000484. The van der Waals surface area contributed by atoms with Gasteiger partial charge in [-0.05, 0) is 45.6 Å². The van der Waals surface area contributed by atoms with Crippen LogP contribution in [0.15, 0.2) is 29.4 Å². The summed E-state index contributed by atoms with van der Waals surface area (Å²) in [5.41, 5.74) is 1.02. The summed E-state index contributed by atoms with van der Waals surface area (Å²) in [6.07, 6.45) is 8.21. The molecule has 0 saturated heterocycles. The summed E-state index contributed by atoms with van der Waals surface area (Å²) in [7, 11) is 6.07. The molecule has 0 radical (unpaired) electrons. The van der Waals surface area contributed by atoms with E-state index in [9.17, 15) is 0 Å². The van der Waals surface area contributed by atoms with Gasteiger partial charge < -0.3 is 15.5 Å². The Morgan fingerprint density at radius 2 is 1.83 bits per heavy atom. The number of guanidine groups is 1. The number of nitrogens with one attached hydrogen (secondary N) is 2. The Morgan fingerprint density at radius 1 is 1.09 bits per heavy atom. The first-order valence-corrected chi connectivity index (χ1v) is 8.21. The fourth-order valence-corrected chi connectivity index (χ4v) is 2.19. The summed E-state index contributed by atoms with van der Waals surface area (Å²) in [5.74, 6) is 0.846. The van der Waals surface area contributed by atoms with Crippen LogP contribution in [0.1, 0.15) is 37.8 Å². The van der Waals surface area contributed by atoms with Crippen molar-refractivity contribution in [3.05, 3.63) is 30.1 Å². The van der Waals surface area contributed by atoms with Crippen LogP contribution in [0.3, 0.4) is 0 Å². The van der Waals surface area contributed by atoms with E-state index < -0.39 is 0 Å². The van der Waals surface area contributed by atoms with Gasteiger partial charge in [-0.25, -0.2) is 0 Å². The van der Waals surface area contributed by atoms with Crippen LogP contribution >= 0.6 is 24.0 Å².